The lowest BCUT2D eigenvalue weighted by molar-refractivity contribution is -0.143. The topological polar surface area (TPSA) is 113 Å². The lowest BCUT2D eigenvalue weighted by Gasteiger charge is -2.28. The van der Waals surface area contributed by atoms with E-state index in [1.807, 2.05) is 43.0 Å². The third-order valence-electron chi connectivity index (χ3n) is 4.56. The number of para-hydroxylation sites is 1. The second kappa shape index (κ2) is 8.22. The molecular weight excluding hydrogens is 404 g/mol. The molecule has 10 heteroatoms. The van der Waals surface area contributed by atoms with E-state index in [-0.39, 0.29) is 28.7 Å². The first-order valence-electron chi connectivity index (χ1n) is 8.84. The summed E-state index contributed by atoms with van der Waals surface area (Å²) >= 11 is 1.28. The van der Waals surface area contributed by atoms with Gasteiger partial charge in [0, 0.05) is 10.9 Å². The maximum atomic E-state index is 12.2. The van der Waals surface area contributed by atoms with Crippen LogP contribution in [0.2, 0.25) is 0 Å². The Morgan fingerprint density at radius 1 is 1.29 bits per heavy atom. The number of carboxylic acid groups (broad SMARTS) is 1. The molecule has 3 rings (SSSR count). The van der Waals surface area contributed by atoms with Gasteiger partial charge in [-0.3, -0.25) is 4.79 Å². The first-order valence-corrected chi connectivity index (χ1v) is 11.5. The van der Waals surface area contributed by atoms with Gasteiger partial charge in [-0.1, -0.05) is 43.8 Å². The second-order valence-corrected chi connectivity index (χ2v) is 10.4. The van der Waals surface area contributed by atoms with E-state index in [0.717, 1.165) is 11.3 Å². The molecule has 0 bridgehead atoms. The Kier molecular flexibility index (Phi) is 6.11. The zero-order valence-corrected chi connectivity index (χ0v) is 17.2. The number of sulfone groups is 1. The van der Waals surface area contributed by atoms with Gasteiger partial charge >= 0.3 is 5.97 Å². The highest BCUT2D eigenvalue weighted by molar-refractivity contribution is 8.16. The van der Waals surface area contributed by atoms with Crippen molar-refractivity contribution < 1.29 is 27.9 Å². The number of rotatable bonds is 6. The number of ether oxygens (including phenoxy) is 1. The molecule has 1 aromatic carbocycles. The molecule has 2 heterocycles. The van der Waals surface area contributed by atoms with Crippen LogP contribution in [0.1, 0.15) is 25.3 Å². The summed E-state index contributed by atoms with van der Waals surface area (Å²) in [5.74, 6) is -1.50. The molecule has 0 unspecified atom stereocenters. The number of hydrogen-bond donors (Lipinski definition) is 1. The van der Waals surface area contributed by atoms with Crippen molar-refractivity contribution in [3.05, 3.63) is 29.8 Å². The molecule has 0 aliphatic carbocycles. The monoisotopic (exact) mass is 426 g/mol. The maximum Gasteiger partial charge on any atom is 0.329 e. The molecule has 0 spiro atoms. The molecule has 2 saturated heterocycles. The van der Waals surface area contributed by atoms with Crippen molar-refractivity contribution in [2.24, 2.45) is 4.99 Å². The summed E-state index contributed by atoms with van der Waals surface area (Å²) in [6, 6.07) is 7.40. The summed E-state index contributed by atoms with van der Waals surface area (Å²) in [6.45, 7) is 3.08. The molecule has 28 heavy (non-hydrogen) atoms. The van der Waals surface area contributed by atoms with Crippen LogP contribution in [0.5, 0.6) is 0 Å². The van der Waals surface area contributed by atoms with Gasteiger partial charge in [0.1, 0.15) is 13.2 Å². The van der Waals surface area contributed by atoms with Gasteiger partial charge in [-0.05, 0) is 17.5 Å². The molecule has 152 valence electrons. The van der Waals surface area contributed by atoms with Gasteiger partial charge < -0.3 is 14.7 Å². The van der Waals surface area contributed by atoms with Crippen molar-refractivity contribution >= 4 is 44.3 Å². The van der Waals surface area contributed by atoms with Crippen molar-refractivity contribution in [3.8, 4) is 0 Å². The predicted molar refractivity (Wildman–Crippen MR) is 108 cm³/mol. The Morgan fingerprint density at radius 3 is 2.68 bits per heavy atom. The molecule has 0 radical (unpaired) electrons. The van der Waals surface area contributed by atoms with E-state index in [4.69, 9.17) is 9.84 Å². The molecule has 1 aromatic rings. The second-order valence-electron chi connectivity index (χ2n) is 7.06. The van der Waals surface area contributed by atoms with Gasteiger partial charge in [0.2, 0.25) is 0 Å². The minimum atomic E-state index is -3.15. The SMILES string of the molecule is CC(C)c1ccccc1N1C(=NC(=O)COCC(=O)O)S[C@@H]2CS(=O)(=O)C[C@@H]21. The molecule has 2 atom stereocenters. The number of fused-ring (bicyclic) bond motifs is 1. The number of hydrogen-bond acceptors (Lipinski definition) is 6. The van der Waals surface area contributed by atoms with Crippen molar-refractivity contribution in [2.75, 3.05) is 29.6 Å². The highest BCUT2D eigenvalue weighted by Crippen LogP contribution is 2.43. The smallest absolute Gasteiger partial charge is 0.329 e. The minimum absolute atomic E-state index is 0.0137. The van der Waals surface area contributed by atoms with Gasteiger partial charge in [-0.15, -0.1) is 0 Å². The highest BCUT2D eigenvalue weighted by Gasteiger charge is 2.49. The molecule has 1 amide bonds. The van der Waals surface area contributed by atoms with Gasteiger partial charge in [-0.25, -0.2) is 13.2 Å². The van der Waals surface area contributed by atoms with Crippen LogP contribution in [0.25, 0.3) is 0 Å². The average molecular weight is 427 g/mol. The number of aliphatic imine (C=N–C) groups is 1. The molecule has 1 N–H and O–H groups in total. The van der Waals surface area contributed by atoms with Crippen LogP contribution in [0.15, 0.2) is 29.3 Å². The molecule has 0 aromatic heterocycles. The largest absolute Gasteiger partial charge is 0.480 e. The van der Waals surface area contributed by atoms with E-state index in [2.05, 4.69) is 4.99 Å². The third-order valence-corrected chi connectivity index (χ3v) is 7.77. The molecule has 2 aliphatic rings. The fourth-order valence-corrected chi connectivity index (χ4v) is 7.33. The number of amides is 1. The van der Waals surface area contributed by atoms with Crippen LogP contribution in [0, 0.1) is 0 Å². The van der Waals surface area contributed by atoms with E-state index in [9.17, 15) is 18.0 Å². The van der Waals surface area contributed by atoms with Crippen LogP contribution in [-0.2, 0) is 24.2 Å². The Hall–Kier alpha value is -1.91. The number of nitrogens with zero attached hydrogens (tertiary/aromatic N) is 2. The maximum absolute atomic E-state index is 12.2. The van der Waals surface area contributed by atoms with Gasteiger partial charge in [0.15, 0.2) is 15.0 Å². The molecule has 2 fully saturated rings. The van der Waals surface area contributed by atoms with Crippen LogP contribution in [0.4, 0.5) is 5.69 Å². The summed E-state index contributed by atoms with van der Waals surface area (Å²) in [5, 5.41) is 8.84. The first kappa shape index (κ1) is 20.8. The normalized spacial score (nSPS) is 24.7. The zero-order chi connectivity index (χ0) is 20.5. The Balaban J connectivity index is 1.93. The van der Waals surface area contributed by atoms with Crippen molar-refractivity contribution in [1.82, 2.24) is 0 Å². The number of benzene rings is 1. The van der Waals surface area contributed by atoms with Gasteiger partial charge in [0.25, 0.3) is 5.91 Å². The summed E-state index contributed by atoms with van der Waals surface area (Å²) < 4.78 is 29.1. The molecular formula is C18H22N2O6S2. The fraction of sp³-hybridized carbons (Fsp3) is 0.500. The summed E-state index contributed by atoms with van der Waals surface area (Å²) in [7, 11) is -3.15. The van der Waals surface area contributed by atoms with E-state index in [1.165, 1.54) is 11.8 Å². The molecule has 8 nitrogen and oxygen atoms in total. The van der Waals surface area contributed by atoms with E-state index >= 15 is 0 Å². The lowest BCUT2D eigenvalue weighted by Crippen LogP contribution is -2.38. The zero-order valence-electron chi connectivity index (χ0n) is 15.6. The summed E-state index contributed by atoms with van der Waals surface area (Å²) in [6.07, 6.45) is 0. The number of anilines is 1. The van der Waals surface area contributed by atoms with Crippen molar-refractivity contribution in [3.63, 3.8) is 0 Å². The summed E-state index contributed by atoms with van der Waals surface area (Å²) in [4.78, 5) is 28.6. The van der Waals surface area contributed by atoms with Crippen molar-refractivity contribution in [1.29, 1.82) is 0 Å². The van der Waals surface area contributed by atoms with E-state index in [0.29, 0.717) is 5.17 Å². The van der Waals surface area contributed by atoms with Crippen LogP contribution < -0.4 is 4.90 Å². The molecule has 0 saturated carbocycles. The number of carbonyl (C=O) groups is 2. The Bertz CT molecular complexity index is 912. The Labute approximate surface area is 167 Å². The highest BCUT2D eigenvalue weighted by atomic mass is 32.2. The average Bonchev–Trinajstić information content (AvgIpc) is 3.05. The summed E-state index contributed by atoms with van der Waals surface area (Å²) in [5.41, 5.74) is 1.88. The van der Waals surface area contributed by atoms with Crippen LogP contribution in [-0.4, -0.2) is 66.6 Å². The Morgan fingerprint density at radius 2 is 2.00 bits per heavy atom. The number of carbonyl (C=O) groups excluding carboxylic acids is 1. The van der Waals surface area contributed by atoms with Gasteiger partial charge in [0.05, 0.1) is 17.5 Å². The minimum Gasteiger partial charge on any atom is -0.480 e. The van der Waals surface area contributed by atoms with Gasteiger partial charge in [-0.2, -0.15) is 4.99 Å². The standard InChI is InChI=1S/C18H22N2O6S2/c1-11(2)12-5-3-4-6-13(12)20-14-9-28(24,25)10-15(14)27-18(20)19-16(21)7-26-8-17(22)23/h3-6,11,14-15H,7-10H2,1-2H3,(H,22,23)/t14-,15+/m0/s1. The number of aliphatic carboxylic acids is 1. The fourth-order valence-electron chi connectivity index (χ4n) is 3.41. The van der Waals surface area contributed by atoms with Crippen LogP contribution >= 0.6 is 11.8 Å². The third kappa shape index (κ3) is 4.56. The van der Waals surface area contributed by atoms with E-state index < -0.39 is 34.9 Å². The number of amidine groups is 1. The quantitative estimate of drug-likeness (QED) is 0.728. The predicted octanol–water partition coefficient (Wildman–Crippen LogP) is 1.51. The number of thioether (sulfide) groups is 1. The van der Waals surface area contributed by atoms with E-state index in [1.54, 1.807) is 0 Å². The number of carboxylic acids is 1. The first-order chi connectivity index (χ1) is 13.2. The van der Waals surface area contributed by atoms with Crippen molar-refractivity contribution in [2.45, 2.75) is 31.1 Å². The van der Waals surface area contributed by atoms with Crippen LogP contribution in [0.3, 0.4) is 0 Å². The lowest BCUT2D eigenvalue weighted by atomic mass is 9.99. The molecule has 2 aliphatic heterocycles.